The van der Waals surface area contributed by atoms with Crippen molar-refractivity contribution in [1.29, 1.82) is 0 Å². The number of amides is 2. The average Bonchev–Trinajstić information content (AvgIpc) is 2.79. The summed E-state index contributed by atoms with van der Waals surface area (Å²) in [6.07, 6.45) is 0.0319. The van der Waals surface area contributed by atoms with Crippen LogP contribution in [0.25, 0.3) is 11.4 Å². The molecule has 2 heterocycles. The Hall–Kier alpha value is -3.73. The van der Waals surface area contributed by atoms with Gasteiger partial charge in [0.25, 0.3) is 0 Å². The van der Waals surface area contributed by atoms with E-state index in [-0.39, 0.29) is 11.3 Å². The zero-order valence-corrected chi connectivity index (χ0v) is 20.1. The van der Waals surface area contributed by atoms with Crippen LogP contribution in [0.4, 0.5) is 29.3 Å². The Labute approximate surface area is 201 Å². The molecule has 0 saturated heterocycles. The van der Waals surface area contributed by atoms with E-state index in [2.05, 4.69) is 25.6 Å². The standard InChI is InChI=1S/C24H27F3N6O2/c1-6-35-18-9-16(11-28-12-18)22-29-13-21(14(2)30-22)32-23(34)31-17-7-8-19(15(3)33(4)5)20(10-17)24(25,26)27/h7-13,15H,6H2,1-5H3,(H2,31,32,34). The van der Waals surface area contributed by atoms with Gasteiger partial charge in [-0.1, -0.05) is 6.07 Å². The molecule has 0 saturated carbocycles. The van der Waals surface area contributed by atoms with Crippen molar-refractivity contribution < 1.29 is 22.7 Å². The van der Waals surface area contributed by atoms with E-state index < -0.39 is 23.8 Å². The molecule has 0 radical (unpaired) electrons. The Morgan fingerprint density at radius 3 is 2.51 bits per heavy atom. The Kier molecular flexibility index (Phi) is 7.90. The number of nitrogens with zero attached hydrogens (tertiary/aromatic N) is 4. The van der Waals surface area contributed by atoms with Crippen molar-refractivity contribution in [1.82, 2.24) is 19.9 Å². The molecule has 2 amide bonds. The predicted molar refractivity (Wildman–Crippen MR) is 127 cm³/mol. The summed E-state index contributed by atoms with van der Waals surface area (Å²) in [5.74, 6) is 0.972. The second-order valence-corrected chi connectivity index (χ2v) is 8.05. The molecule has 0 bridgehead atoms. The van der Waals surface area contributed by atoms with Crippen LogP contribution in [0.2, 0.25) is 0 Å². The Morgan fingerprint density at radius 2 is 1.89 bits per heavy atom. The largest absolute Gasteiger partial charge is 0.492 e. The van der Waals surface area contributed by atoms with Gasteiger partial charge in [-0.2, -0.15) is 13.2 Å². The summed E-state index contributed by atoms with van der Waals surface area (Å²) in [7, 11) is 3.40. The lowest BCUT2D eigenvalue weighted by molar-refractivity contribution is -0.138. The van der Waals surface area contributed by atoms with Crippen LogP contribution in [-0.4, -0.2) is 46.6 Å². The van der Waals surface area contributed by atoms with Crippen molar-refractivity contribution in [2.75, 3.05) is 31.3 Å². The smallest absolute Gasteiger partial charge is 0.416 e. The van der Waals surface area contributed by atoms with E-state index in [1.807, 2.05) is 6.92 Å². The molecule has 0 aliphatic rings. The molecule has 8 nitrogen and oxygen atoms in total. The number of rotatable bonds is 7. The highest BCUT2D eigenvalue weighted by Crippen LogP contribution is 2.37. The number of carbonyl (C=O) groups is 1. The Bertz CT molecular complexity index is 1200. The predicted octanol–water partition coefficient (Wildman–Crippen LogP) is 5.53. The lowest BCUT2D eigenvalue weighted by atomic mass is 9.99. The van der Waals surface area contributed by atoms with E-state index in [0.717, 1.165) is 6.07 Å². The van der Waals surface area contributed by atoms with E-state index in [1.165, 1.54) is 18.3 Å². The maximum absolute atomic E-state index is 13.7. The molecule has 2 N–H and O–H groups in total. The first-order valence-corrected chi connectivity index (χ1v) is 10.9. The number of hydrogen-bond donors (Lipinski definition) is 2. The number of ether oxygens (including phenoxy) is 1. The van der Waals surface area contributed by atoms with Crippen molar-refractivity contribution in [2.24, 2.45) is 0 Å². The van der Waals surface area contributed by atoms with Gasteiger partial charge >= 0.3 is 12.2 Å². The van der Waals surface area contributed by atoms with Crippen LogP contribution in [0.15, 0.2) is 42.9 Å². The molecule has 3 rings (SSSR count). The van der Waals surface area contributed by atoms with Gasteiger partial charge in [0, 0.05) is 23.5 Å². The van der Waals surface area contributed by atoms with Crippen LogP contribution in [0.5, 0.6) is 5.75 Å². The maximum atomic E-state index is 13.7. The monoisotopic (exact) mass is 488 g/mol. The molecule has 0 spiro atoms. The lowest BCUT2D eigenvalue weighted by Gasteiger charge is -2.24. The molecule has 35 heavy (non-hydrogen) atoms. The van der Waals surface area contributed by atoms with Crippen molar-refractivity contribution in [2.45, 2.75) is 33.0 Å². The minimum absolute atomic E-state index is 0.0125. The van der Waals surface area contributed by atoms with Gasteiger partial charge < -0.3 is 20.3 Å². The molecular weight excluding hydrogens is 461 g/mol. The normalized spacial score (nSPS) is 12.4. The number of benzene rings is 1. The molecule has 0 aliphatic heterocycles. The summed E-state index contributed by atoms with van der Waals surface area (Å²) in [5, 5.41) is 5.03. The highest BCUT2D eigenvalue weighted by Gasteiger charge is 2.35. The first kappa shape index (κ1) is 25.9. The molecule has 3 aromatic rings. The van der Waals surface area contributed by atoms with Crippen molar-refractivity contribution >= 4 is 17.4 Å². The number of nitrogens with one attached hydrogen (secondary N) is 2. The second-order valence-electron chi connectivity index (χ2n) is 8.05. The number of carbonyl (C=O) groups excluding carboxylic acids is 1. The summed E-state index contributed by atoms with van der Waals surface area (Å²) in [5.41, 5.74) is 0.756. The lowest BCUT2D eigenvalue weighted by Crippen LogP contribution is -2.23. The van der Waals surface area contributed by atoms with Crippen molar-refractivity contribution in [3.63, 3.8) is 0 Å². The fraction of sp³-hybridized carbons (Fsp3) is 0.333. The molecular formula is C24H27F3N6O2. The molecule has 1 aromatic carbocycles. The van der Waals surface area contributed by atoms with Gasteiger partial charge in [0.1, 0.15) is 5.75 Å². The molecule has 1 unspecified atom stereocenters. The molecule has 0 aliphatic carbocycles. The Balaban J connectivity index is 1.77. The molecule has 11 heteroatoms. The SMILES string of the molecule is CCOc1cncc(-c2ncc(NC(=O)Nc3ccc(C(C)N(C)C)c(C(F)(F)F)c3)c(C)n2)c1. The summed E-state index contributed by atoms with van der Waals surface area (Å²) in [6, 6.07) is 4.32. The van der Waals surface area contributed by atoms with Crippen molar-refractivity contribution in [3.05, 3.63) is 59.7 Å². The number of pyridine rings is 1. The van der Waals surface area contributed by atoms with Gasteiger partial charge in [-0.25, -0.2) is 14.8 Å². The third-order valence-corrected chi connectivity index (χ3v) is 5.35. The molecule has 1 atom stereocenters. The summed E-state index contributed by atoms with van der Waals surface area (Å²) < 4.78 is 46.4. The Morgan fingerprint density at radius 1 is 1.14 bits per heavy atom. The number of aromatic nitrogens is 3. The highest BCUT2D eigenvalue weighted by molar-refractivity contribution is 6.00. The highest BCUT2D eigenvalue weighted by atomic mass is 19.4. The molecule has 2 aromatic heterocycles. The van der Waals surface area contributed by atoms with Crippen LogP contribution in [0, 0.1) is 6.92 Å². The first-order valence-electron chi connectivity index (χ1n) is 10.9. The van der Waals surface area contributed by atoms with Crippen LogP contribution >= 0.6 is 0 Å². The summed E-state index contributed by atoms with van der Waals surface area (Å²) >= 11 is 0. The maximum Gasteiger partial charge on any atom is 0.416 e. The average molecular weight is 489 g/mol. The number of aryl methyl sites for hydroxylation is 1. The summed E-state index contributed by atoms with van der Waals surface area (Å²) in [6.45, 7) is 5.71. The molecule has 186 valence electrons. The topological polar surface area (TPSA) is 92.3 Å². The van der Waals surface area contributed by atoms with Crippen LogP contribution in [-0.2, 0) is 6.18 Å². The quantitative estimate of drug-likeness (QED) is 0.454. The zero-order valence-electron chi connectivity index (χ0n) is 20.1. The number of alkyl halides is 3. The minimum Gasteiger partial charge on any atom is -0.492 e. The van der Waals surface area contributed by atoms with E-state index in [0.29, 0.717) is 35.1 Å². The van der Waals surface area contributed by atoms with E-state index in [1.54, 1.807) is 51.3 Å². The molecule has 0 fully saturated rings. The third-order valence-electron chi connectivity index (χ3n) is 5.35. The van der Waals surface area contributed by atoms with E-state index in [4.69, 9.17) is 4.74 Å². The first-order chi connectivity index (χ1) is 16.5. The van der Waals surface area contributed by atoms with E-state index >= 15 is 0 Å². The van der Waals surface area contributed by atoms with Gasteiger partial charge in [0.2, 0.25) is 0 Å². The number of hydrogen-bond acceptors (Lipinski definition) is 6. The van der Waals surface area contributed by atoms with Gasteiger partial charge in [-0.15, -0.1) is 0 Å². The van der Waals surface area contributed by atoms with Gasteiger partial charge in [0.15, 0.2) is 5.82 Å². The van der Waals surface area contributed by atoms with Crippen molar-refractivity contribution in [3.8, 4) is 17.1 Å². The van der Waals surface area contributed by atoms with Crippen LogP contribution < -0.4 is 15.4 Å². The zero-order chi connectivity index (χ0) is 25.8. The van der Waals surface area contributed by atoms with Gasteiger partial charge in [-0.3, -0.25) is 4.98 Å². The van der Waals surface area contributed by atoms with E-state index in [9.17, 15) is 18.0 Å². The van der Waals surface area contributed by atoms with Crippen LogP contribution in [0.1, 0.15) is 36.7 Å². The van der Waals surface area contributed by atoms with Gasteiger partial charge in [0.05, 0.1) is 35.9 Å². The summed E-state index contributed by atoms with van der Waals surface area (Å²) in [4.78, 5) is 26.9. The fourth-order valence-corrected chi connectivity index (χ4v) is 3.32. The number of halogens is 3. The third kappa shape index (κ3) is 6.44. The fourth-order valence-electron chi connectivity index (χ4n) is 3.32. The second kappa shape index (κ2) is 10.7. The number of urea groups is 1. The van der Waals surface area contributed by atoms with Gasteiger partial charge in [-0.05, 0) is 58.6 Å². The minimum atomic E-state index is -4.57. The number of anilines is 2. The van der Waals surface area contributed by atoms with Crippen LogP contribution in [0.3, 0.4) is 0 Å².